The van der Waals surface area contributed by atoms with Crippen molar-refractivity contribution in [3.05, 3.63) is 59.7 Å². The molecule has 2 aromatic carbocycles. The molecule has 2 fully saturated rings. The first kappa shape index (κ1) is 20.1. The summed E-state index contributed by atoms with van der Waals surface area (Å²) < 4.78 is 5.80. The van der Waals surface area contributed by atoms with Crippen molar-refractivity contribution in [2.45, 2.75) is 37.1 Å². The molecule has 0 aromatic heterocycles. The summed E-state index contributed by atoms with van der Waals surface area (Å²) in [6, 6.07) is 16.6. The van der Waals surface area contributed by atoms with Crippen LogP contribution < -0.4 is 0 Å². The van der Waals surface area contributed by atoms with Gasteiger partial charge in [0.25, 0.3) is 0 Å². The molecule has 0 spiro atoms. The third kappa shape index (κ3) is 3.39. The van der Waals surface area contributed by atoms with Gasteiger partial charge in [-0.05, 0) is 47.9 Å². The van der Waals surface area contributed by atoms with Crippen molar-refractivity contribution in [1.82, 2.24) is 9.80 Å². The minimum atomic E-state index is -0.728. The van der Waals surface area contributed by atoms with E-state index >= 15 is 0 Å². The van der Waals surface area contributed by atoms with Gasteiger partial charge in [-0.2, -0.15) is 0 Å². The van der Waals surface area contributed by atoms with E-state index in [-0.39, 0.29) is 12.0 Å². The predicted octanol–water partition coefficient (Wildman–Crippen LogP) is 3.95. The van der Waals surface area contributed by atoms with Gasteiger partial charge in [0.2, 0.25) is 0 Å². The Kier molecular flexibility index (Phi) is 5.18. The van der Waals surface area contributed by atoms with Crippen molar-refractivity contribution in [2.75, 3.05) is 32.8 Å². The zero-order chi connectivity index (χ0) is 21.4. The maximum atomic E-state index is 12.9. The van der Waals surface area contributed by atoms with E-state index in [1.807, 2.05) is 24.3 Å². The number of carboxylic acid groups (broad SMARTS) is 1. The first-order valence-electron chi connectivity index (χ1n) is 11.2. The average molecular weight is 421 g/mol. The van der Waals surface area contributed by atoms with Crippen molar-refractivity contribution in [2.24, 2.45) is 0 Å². The fourth-order valence-electron chi connectivity index (χ4n) is 5.39. The van der Waals surface area contributed by atoms with Crippen LogP contribution in [0.5, 0.6) is 0 Å². The Bertz CT molecular complexity index is 955. The summed E-state index contributed by atoms with van der Waals surface area (Å²) in [6.45, 7) is 2.71. The fraction of sp³-hybridized carbons (Fsp3) is 0.440. The Balaban J connectivity index is 1.24. The smallest absolute Gasteiger partial charge is 0.409 e. The number of aliphatic carboxylic acids is 1. The average Bonchev–Trinajstić information content (AvgIpc) is 2.87. The molecule has 1 saturated heterocycles. The molecule has 162 valence electrons. The zero-order valence-electron chi connectivity index (χ0n) is 17.6. The van der Waals surface area contributed by atoms with Crippen LogP contribution in [0.3, 0.4) is 0 Å². The number of fused-ring (bicyclic) bond motifs is 3. The molecule has 6 heteroatoms. The van der Waals surface area contributed by atoms with Gasteiger partial charge in [-0.1, -0.05) is 48.5 Å². The van der Waals surface area contributed by atoms with Gasteiger partial charge in [-0.3, -0.25) is 9.69 Å². The molecule has 1 saturated carbocycles. The predicted molar refractivity (Wildman–Crippen MR) is 117 cm³/mol. The maximum absolute atomic E-state index is 12.9. The van der Waals surface area contributed by atoms with Crippen molar-refractivity contribution in [1.29, 1.82) is 0 Å². The van der Waals surface area contributed by atoms with Crippen LogP contribution in [0.25, 0.3) is 11.1 Å². The van der Waals surface area contributed by atoms with Gasteiger partial charge in [-0.15, -0.1) is 0 Å². The topological polar surface area (TPSA) is 70.1 Å². The van der Waals surface area contributed by atoms with E-state index in [0.717, 1.165) is 12.8 Å². The van der Waals surface area contributed by atoms with E-state index in [9.17, 15) is 14.7 Å². The van der Waals surface area contributed by atoms with Gasteiger partial charge in [0.15, 0.2) is 0 Å². The summed E-state index contributed by atoms with van der Waals surface area (Å²) in [4.78, 5) is 28.5. The number of carboxylic acids is 1. The molecular formula is C25H28N2O4. The summed E-state index contributed by atoms with van der Waals surface area (Å²) >= 11 is 0. The standard InChI is InChI=1S/C25H28N2O4/c28-23(29)25(11-5-12-25)27-14-6-13-26(15-16-27)24(30)31-17-22-20-9-3-1-7-18(20)19-8-2-4-10-21(19)22/h1-4,7-10,22H,5-6,11-17H2,(H,28,29). The van der Waals surface area contributed by atoms with E-state index in [2.05, 4.69) is 29.2 Å². The Morgan fingerprint density at radius 1 is 0.903 bits per heavy atom. The second-order valence-corrected chi connectivity index (χ2v) is 8.82. The fourth-order valence-corrected chi connectivity index (χ4v) is 5.39. The highest BCUT2D eigenvalue weighted by atomic mass is 16.6. The Morgan fingerprint density at radius 2 is 1.55 bits per heavy atom. The number of hydrogen-bond donors (Lipinski definition) is 1. The Hall–Kier alpha value is -2.86. The number of hydrogen-bond acceptors (Lipinski definition) is 4. The number of carbonyl (C=O) groups is 2. The molecule has 5 rings (SSSR count). The van der Waals surface area contributed by atoms with Crippen LogP contribution in [0.1, 0.15) is 42.7 Å². The minimum Gasteiger partial charge on any atom is -0.480 e. The molecule has 2 aromatic rings. The van der Waals surface area contributed by atoms with Crippen molar-refractivity contribution >= 4 is 12.1 Å². The number of amides is 1. The molecule has 2 aliphatic carbocycles. The van der Waals surface area contributed by atoms with Crippen LogP contribution in [0, 0.1) is 0 Å². The first-order valence-corrected chi connectivity index (χ1v) is 11.2. The minimum absolute atomic E-state index is 0.0464. The van der Waals surface area contributed by atoms with Crippen LogP contribution >= 0.6 is 0 Å². The van der Waals surface area contributed by atoms with Crippen molar-refractivity contribution < 1.29 is 19.4 Å². The number of benzene rings is 2. The van der Waals surface area contributed by atoms with Crippen LogP contribution in [0.4, 0.5) is 4.79 Å². The second-order valence-electron chi connectivity index (χ2n) is 8.82. The normalized spacial score (nSPS) is 20.3. The Morgan fingerprint density at radius 3 is 2.13 bits per heavy atom. The highest BCUT2D eigenvalue weighted by Crippen LogP contribution is 2.44. The molecule has 1 N–H and O–H groups in total. The van der Waals surface area contributed by atoms with Gasteiger partial charge >= 0.3 is 12.1 Å². The molecule has 1 aliphatic heterocycles. The highest BCUT2D eigenvalue weighted by Gasteiger charge is 2.49. The monoisotopic (exact) mass is 420 g/mol. The van der Waals surface area contributed by atoms with Crippen LogP contribution in [-0.4, -0.2) is 65.3 Å². The molecule has 1 heterocycles. The molecule has 0 radical (unpaired) electrons. The zero-order valence-corrected chi connectivity index (χ0v) is 17.6. The van der Waals surface area contributed by atoms with Gasteiger partial charge in [-0.25, -0.2) is 4.79 Å². The Labute approximate surface area is 182 Å². The molecule has 0 bridgehead atoms. The lowest BCUT2D eigenvalue weighted by molar-refractivity contribution is -0.158. The number of carbonyl (C=O) groups excluding carboxylic acids is 1. The SMILES string of the molecule is O=C(OCC1c2ccccc2-c2ccccc21)N1CCCN(C2(C(=O)O)CCC2)CC1. The lowest BCUT2D eigenvalue weighted by Gasteiger charge is -2.46. The number of ether oxygens (including phenoxy) is 1. The molecule has 0 unspecified atom stereocenters. The second kappa shape index (κ2) is 8.00. The summed E-state index contributed by atoms with van der Waals surface area (Å²) in [5, 5.41) is 9.72. The summed E-state index contributed by atoms with van der Waals surface area (Å²) in [5.41, 5.74) is 4.10. The first-order chi connectivity index (χ1) is 15.1. The van der Waals surface area contributed by atoms with E-state index < -0.39 is 11.5 Å². The largest absolute Gasteiger partial charge is 0.480 e. The van der Waals surface area contributed by atoms with Crippen LogP contribution in [-0.2, 0) is 9.53 Å². The summed E-state index contributed by atoms with van der Waals surface area (Å²) in [6.07, 6.45) is 2.82. The summed E-state index contributed by atoms with van der Waals surface area (Å²) in [5.74, 6) is -0.682. The molecular weight excluding hydrogens is 392 g/mol. The third-order valence-electron chi connectivity index (χ3n) is 7.27. The van der Waals surface area contributed by atoms with Crippen molar-refractivity contribution in [3.63, 3.8) is 0 Å². The number of rotatable bonds is 4. The van der Waals surface area contributed by atoms with Gasteiger partial charge in [0.1, 0.15) is 12.1 Å². The van der Waals surface area contributed by atoms with E-state index in [0.29, 0.717) is 45.6 Å². The lowest BCUT2D eigenvalue weighted by Crippen LogP contribution is -2.60. The molecule has 6 nitrogen and oxygen atoms in total. The lowest BCUT2D eigenvalue weighted by atomic mass is 9.75. The number of nitrogens with zero attached hydrogens (tertiary/aromatic N) is 2. The molecule has 0 atom stereocenters. The summed E-state index contributed by atoms with van der Waals surface area (Å²) in [7, 11) is 0. The molecule has 3 aliphatic rings. The van der Waals surface area contributed by atoms with Gasteiger partial charge in [0, 0.05) is 32.1 Å². The van der Waals surface area contributed by atoms with E-state index in [1.54, 1.807) is 4.90 Å². The van der Waals surface area contributed by atoms with E-state index in [1.165, 1.54) is 22.3 Å². The third-order valence-corrected chi connectivity index (χ3v) is 7.27. The van der Waals surface area contributed by atoms with Crippen LogP contribution in [0.15, 0.2) is 48.5 Å². The van der Waals surface area contributed by atoms with E-state index in [4.69, 9.17) is 4.74 Å². The van der Waals surface area contributed by atoms with Crippen molar-refractivity contribution in [3.8, 4) is 11.1 Å². The van der Waals surface area contributed by atoms with Crippen LogP contribution in [0.2, 0.25) is 0 Å². The highest BCUT2D eigenvalue weighted by molar-refractivity contribution is 5.80. The quantitative estimate of drug-likeness (QED) is 0.811. The van der Waals surface area contributed by atoms with Gasteiger partial charge in [0.05, 0.1) is 0 Å². The molecule has 1 amide bonds. The van der Waals surface area contributed by atoms with Gasteiger partial charge < -0.3 is 14.7 Å². The maximum Gasteiger partial charge on any atom is 0.409 e. The molecule has 31 heavy (non-hydrogen) atoms.